The van der Waals surface area contributed by atoms with Crippen LogP contribution in [0.15, 0.2) is 41.0 Å². The second-order valence-corrected chi connectivity index (χ2v) is 9.54. The molecule has 0 bridgehead atoms. The molecule has 4 rings (SSSR count). The Morgan fingerprint density at radius 1 is 1.12 bits per heavy atom. The molecule has 2 aliphatic rings. The zero-order valence-electron chi connectivity index (χ0n) is 20.7. The van der Waals surface area contributed by atoms with Crippen molar-refractivity contribution in [3.63, 3.8) is 0 Å². The monoisotopic (exact) mass is 470 g/mol. The van der Waals surface area contributed by atoms with E-state index in [0.717, 1.165) is 5.39 Å². The first-order valence-corrected chi connectivity index (χ1v) is 11.8. The molecule has 0 radical (unpaired) electrons. The molecule has 1 saturated heterocycles. The van der Waals surface area contributed by atoms with Crippen LogP contribution in [-0.4, -0.2) is 44.0 Å². The molecular formula is C27H34O7. The van der Waals surface area contributed by atoms with Gasteiger partial charge in [0.25, 0.3) is 0 Å². The first-order chi connectivity index (χ1) is 16.2. The van der Waals surface area contributed by atoms with Gasteiger partial charge in [-0.2, -0.15) is 0 Å². The van der Waals surface area contributed by atoms with Gasteiger partial charge in [-0.05, 0) is 33.3 Å². The van der Waals surface area contributed by atoms with Crippen molar-refractivity contribution in [1.82, 2.24) is 0 Å². The third kappa shape index (κ3) is 5.06. The van der Waals surface area contributed by atoms with Crippen LogP contribution < -0.4 is 4.74 Å². The van der Waals surface area contributed by atoms with Gasteiger partial charge < -0.3 is 28.1 Å². The summed E-state index contributed by atoms with van der Waals surface area (Å²) in [5.41, 5.74) is 1.63. The maximum absolute atomic E-state index is 13.4. The highest BCUT2D eigenvalue weighted by Crippen LogP contribution is 2.37. The van der Waals surface area contributed by atoms with Gasteiger partial charge in [-0.25, -0.2) is 4.79 Å². The van der Waals surface area contributed by atoms with Gasteiger partial charge in [-0.1, -0.05) is 38.2 Å². The molecule has 3 heterocycles. The van der Waals surface area contributed by atoms with E-state index in [1.165, 1.54) is 7.11 Å². The predicted molar refractivity (Wildman–Crippen MR) is 129 cm³/mol. The van der Waals surface area contributed by atoms with Gasteiger partial charge in [0.05, 0.1) is 18.5 Å². The van der Waals surface area contributed by atoms with E-state index in [4.69, 9.17) is 28.1 Å². The maximum Gasteiger partial charge on any atom is 0.342 e. The number of carbonyl (C=O) groups is 1. The number of furan rings is 1. The average Bonchev–Trinajstić information content (AvgIpc) is 3.38. The molecule has 0 amide bonds. The highest BCUT2D eigenvalue weighted by Gasteiger charge is 2.42. The van der Waals surface area contributed by atoms with Crippen LogP contribution in [0.2, 0.25) is 0 Å². The molecule has 34 heavy (non-hydrogen) atoms. The fourth-order valence-electron chi connectivity index (χ4n) is 4.50. The van der Waals surface area contributed by atoms with Crippen molar-refractivity contribution >= 4 is 23.0 Å². The maximum atomic E-state index is 13.4. The molecule has 0 saturated carbocycles. The van der Waals surface area contributed by atoms with Gasteiger partial charge >= 0.3 is 5.97 Å². The minimum absolute atomic E-state index is 0.00288. The minimum atomic E-state index is -0.659. The Labute approximate surface area is 200 Å². The number of methoxy groups -OCH3 is 1. The number of fused-ring (bicyclic) bond motifs is 4. The SMILES string of the molecule is COCOc1cc2occc2c2c1C(=O)O[C@@H](C)[C@H](C)C=CC(C)[C@H]1OC(C)(C)O[C@H]1CC=C2. The highest BCUT2D eigenvalue weighted by molar-refractivity contribution is 6.04. The number of esters is 1. The summed E-state index contributed by atoms with van der Waals surface area (Å²) >= 11 is 0. The Morgan fingerprint density at radius 3 is 2.65 bits per heavy atom. The van der Waals surface area contributed by atoms with E-state index in [-0.39, 0.29) is 36.9 Å². The summed E-state index contributed by atoms with van der Waals surface area (Å²) in [6, 6.07) is 3.54. The van der Waals surface area contributed by atoms with Crippen LogP contribution in [0.3, 0.4) is 0 Å². The molecule has 0 spiro atoms. The van der Waals surface area contributed by atoms with Crippen molar-refractivity contribution in [1.29, 1.82) is 0 Å². The van der Waals surface area contributed by atoms with Crippen molar-refractivity contribution in [2.45, 2.75) is 65.1 Å². The van der Waals surface area contributed by atoms with Gasteiger partial charge in [0.15, 0.2) is 12.6 Å². The Bertz CT molecular complexity index is 1080. The number of rotatable bonds is 3. The van der Waals surface area contributed by atoms with Gasteiger partial charge in [-0.3, -0.25) is 0 Å². The molecular weight excluding hydrogens is 436 g/mol. The molecule has 1 unspecified atom stereocenters. The lowest BCUT2D eigenvalue weighted by Crippen LogP contribution is -2.29. The minimum Gasteiger partial charge on any atom is -0.466 e. The average molecular weight is 471 g/mol. The summed E-state index contributed by atoms with van der Waals surface area (Å²) in [5.74, 6) is -0.622. The summed E-state index contributed by atoms with van der Waals surface area (Å²) in [6.07, 6.45) is 9.79. The molecule has 7 nitrogen and oxygen atoms in total. The summed E-state index contributed by atoms with van der Waals surface area (Å²) in [7, 11) is 1.53. The first kappa shape index (κ1) is 24.5. The van der Waals surface area contributed by atoms with E-state index in [1.807, 2.05) is 45.9 Å². The molecule has 1 aromatic heterocycles. The summed E-state index contributed by atoms with van der Waals surface area (Å²) in [5, 5.41) is 0.800. The predicted octanol–water partition coefficient (Wildman–Crippen LogP) is 5.73. The Kier molecular flexibility index (Phi) is 7.17. The molecule has 7 heteroatoms. The molecule has 1 fully saturated rings. The third-order valence-electron chi connectivity index (χ3n) is 6.44. The number of cyclic esters (lactones) is 1. The zero-order chi connectivity index (χ0) is 24.5. The van der Waals surface area contributed by atoms with Crippen molar-refractivity contribution in [2.75, 3.05) is 13.9 Å². The molecule has 0 aliphatic carbocycles. The smallest absolute Gasteiger partial charge is 0.342 e. The van der Waals surface area contributed by atoms with Gasteiger partial charge in [0, 0.05) is 36.0 Å². The fraction of sp³-hybridized carbons (Fsp3) is 0.519. The second kappa shape index (κ2) is 9.94. The van der Waals surface area contributed by atoms with Crippen molar-refractivity contribution in [2.24, 2.45) is 11.8 Å². The second-order valence-electron chi connectivity index (χ2n) is 9.54. The van der Waals surface area contributed by atoms with Crippen LogP contribution in [-0.2, 0) is 18.9 Å². The van der Waals surface area contributed by atoms with Crippen LogP contribution in [0.25, 0.3) is 17.0 Å². The van der Waals surface area contributed by atoms with E-state index >= 15 is 0 Å². The van der Waals surface area contributed by atoms with Crippen LogP contribution in [0.1, 0.15) is 57.0 Å². The van der Waals surface area contributed by atoms with Gasteiger partial charge in [-0.15, -0.1) is 0 Å². The summed E-state index contributed by atoms with van der Waals surface area (Å²) < 4.78 is 34.9. The lowest BCUT2D eigenvalue weighted by Gasteiger charge is -2.23. The first-order valence-electron chi connectivity index (χ1n) is 11.8. The summed E-state index contributed by atoms with van der Waals surface area (Å²) in [4.78, 5) is 13.4. The van der Waals surface area contributed by atoms with Crippen molar-refractivity contribution in [3.8, 4) is 5.75 Å². The largest absolute Gasteiger partial charge is 0.466 e. The van der Waals surface area contributed by atoms with Crippen LogP contribution >= 0.6 is 0 Å². The van der Waals surface area contributed by atoms with Crippen molar-refractivity contribution in [3.05, 3.63) is 47.8 Å². The molecule has 2 aliphatic heterocycles. The molecule has 0 N–H and O–H groups in total. The lowest BCUT2D eigenvalue weighted by atomic mass is 9.94. The van der Waals surface area contributed by atoms with Gasteiger partial charge in [0.1, 0.15) is 23.0 Å². The number of benzene rings is 1. The van der Waals surface area contributed by atoms with Gasteiger partial charge in [0.2, 0.25) is 0 Å². The quantitative estimate of drug-likeness (QED) is 0.322. The summed E-state index contributed by atoms with van der Waals surface area (Å²) in [6.45, 7) is 9.92. The zero-order valence-corrected chi connectivity index (χ0v) is 20.7. The molecule has 184 valence electrons. The topological polar surface area (TPSA) is 76.4 Å². The van der Waals surface area contributed by atoms with Crippen LogP contribution in [0.5, 0.6) is 5.75 Å². The number of ether oxygens (including phenoxy) is 5. The fourth-order valence-corrected chi connectivity index (χ4v) is 4.50. The van der Waals surface area contributed by atoms with Crippen LogP contribution in [0, 0.1) is 11.8 Å². The molecule has 2 aromatic rings. The molecule has 1 aromatic carbocycles. The number of carbonyl (C=O) groups excluding carboxylic acids is 1. The van der Waals surface area contributed by atoms with E-state index < -0.39 is 11.8 Å². The van der Waals surface area contributed by atoms with Crippen LogP contribution in [0.4, 0.5) is 0 Å². The third-order valence-corrected chi connectivity index (χ3v) is 6.44. The Hall–Kier alpha value is -2.61. The van der Waals surface area contributed by atoms with E-state index in [9.17, 15) is 4.79 Å². The number of hydrogen-bond donors (Lipinski definition) is 0. The lowest BCUT2D eigenvalue weighted by molar-refractivity contribution is -0.148. The molecule has 5 atom stereocenters. The number of hydrogen-bond acceptors (Lipinski definition) is 7. The van der Waals surface area contributed by atoms with E-state index in [2.05, 4.69) is 19.1 Å². The normalized spacial score (nSPS) is 29.4. The van der Waals surface area contributed by atoms with Crippen molar-refractivity contribution < 1.29 is 32.9 Å². The van der Waals surface area contributed by atoms with E-state index in [0.29, 0.717) is 28.9 Å². The van der Waals surface area contributed by atoms with E-state index in [1.54, 1.807) is 12.3 Å². The Balaban J connectivity index is 1.82. The standard InChI is InChI=1S/C27H34O7/c1-16-10-11-17(2)25-21(33-27(4,5)34-25)9-7-8-20-19-12-13-30-22(19)14-23(31-15-29-6)24(20)26(28)32-18(16)3/h7-8,10-14,16-18,21,25H,9,15H2,1-6H3/t16-,17?,18+,21+,25-/m1/s1. The highest BCUT2D eigenvalue weighted by atomic mass is 16.8. The Morgan fingerprint density at radius 2 is 1.88 bits per heavy atom.